The van der Waals surface area contributed by atoms with E-state index in [0.29, 0.717) is 12.2 Å². The predicted molar refractivity (Wildman–Crippen MR) is 72.6 cm³/mol. The van der Waals surface area contributed by atoms with Gasteiger partial charge in [0, 0.05) is 18.3 Å². The minimum Gasteiger partial charge on any atom is -0.453 e. The van der Waals surface area contributed by atoms with Crippen molar-refractivity contribution in [3.63, 3.8) is 0 Å². The van der Waals surface area contributed by atoms with Gasteiger partial charge in [-0.25, -0.2) is 8.78 Å². The number of pyridine rings is 1. The summed E-state index contributed by atoms with van der Waals surface area (Å²) in [6.07, 6.45) is 4.64. The van der Waals surface area contributed by atoms with Crippen molar-refractivity contribution >= 4 is 0 Å². The van der Waals surface area contributed by atoms with Gasteiger partial charge in [0.15, 0.2) is 11.6 Å². The molecule has 3 nitrogen and oxygen atoms in total. The minimum absolute atomic E-state index is 0.0398. The van der Waals surface area contributed by atoms with Crippen LogP contribution in [-0.4, -0.2) is 11.0 Å². The maximum atomic E-state index is 13.5. The lowest BCUT2D eigenvalue weighted by Gasteiger charge is -2.10. The largest absolute Gasteiger partial charge is 0.453 e. The number of hydrogen-bond donors (Lipinski definition) is 1. The normalized spacial score (nSPS) is 12.2. The van der Waals surface area contributed by atoms with Crippen molar-refractivity contribution in [3.05, 3.63) is 53.9 Å². The molecule has 1 heterocycles. The number of nitrogens with zero attached hydrogens (tertiary/aromatic N) is 1. The molecule has 0 spiro atoms. The SMILES string of the molecule is CCC(N)Cc1cncc(Oc2cc(F)ccc2F)c1. The molecule has 1 aromatic heterocycles. The third-order valence-electron chi connectivity index (χ3n) is 2.91. The highest BCUT2D eigenvalue weighted by atomic mass is 19.1. The standard InChI is InChI=1S/C15H16F2N2O/c1-2-12(18)5-10-6-13(9-19-8-10)20-15-7-11(16)3-4-14(15)17/h3-4,6-9,12H,2,5,18H2,1H3. The van der Waals surface area contributed by atoms with Crippen molar-refractivity contribution in [2.75, 3.05) is 0 Å². The van der Waals surface area contributed by atoms with Crippen LogP contribution >= 0.6 is 0 Å². The smallest absolute Gasteiger partial charge is 0.166 e. The quantitative estimate of drug-likeness (QED) is 0.911. The van der Waals surface area contributed by atoms with Gasteiger partial charge in [-0.05, 0) is 36.6 Å². The molecule has 1 aromatic carbocycles. The first-order chi connectivity index (χ1) is 9.58. The molecule has 2 N–H and O–H groups in total. The summed E-state index contributed by atoms with van der Waals surface area (Å²) in [5, 5.41) is 0. The molecule has 0 aliphatic rings. The third kappa shape index (κ3) is 3.74. The summed E-state index contributed by atoms with van der Waals surface area (Å²) in [5.41, 5.74) is 6.77. The van der Waals surface area contributed by atoms with E-state index in [9.17, 15) is 8.78 Å². The highest BCUT2D eigenvalue weighted by Gasteiger charge is 2.08. The fourth-order valence-corrected chi connectivity index (χ4v) is 1.76. The van der Waals surface area contributed by atoms with E-state index in [0.717, 1.165) is 30.2 Å². The third-order valence-corrected chi connectivity index (χ3v) is 2.91. The summed E-state index contributed by atoms with van der Waals surface area (Å²) in [6, 6.07) is 4.83. The molecular formula is C15H16F2N2O. The van der Waals surface area contributed by atoms with Crippen molar-refractivity contribution < 1.29 is 13.5 Å². The van der Waals surface area contributed by atoms with Gasteiger partial charge in [-0.1, -0.05) is 6.92 Å². The number of ether oxygens (including phenoxy) is 1. The molecule has 0 aliphatic carbocycles. The Kier molecular flexibility index (Phi) is 4.63. The Labute approximate surface area is 116 Å². The van der Waals surface area contributed by atoms with E-state index in [1.807, 2.05) is 6.92 Å². The number of benzene rings is 1. The molecule has 2 aromatic rings. The molecule has 0 radical (unpaired) electrons. The van der Waals surface area contributed by atoms with Gasteiger partial charge in [0.05, 0.1) is 6.20 Å². The van der Waals surface area contributed by atoms with Crippen LogP contribution in [0.1, 0.15) is 18.9 Å². The summed E-state index contributed by atoms with van der Waals surface area (Å²) < 4.78 is 31.9. The van der Waals surface area contributed by atoms with E-state index in [1.165, 1.54) is 6.20 Å². The van der Waals surface area contributed by atoms with Gasteiger partial charge in [-0.2, -0.15) is 0 Å². The van der Waals surface area contributed by atoms with Crippen LogP contribution in [0.4, 0.5) is 8.78 Å². The molecule has 1 unspecified atom stereocenters. The zero-order valence-electron chi connectivity index (χ0n) is 11.1. The Morgan fingerprint density at radius 1 is 1.25 bits per heavy atom. The maximum absolute atomic E-state index is 13.5. The predicted octanol–water partition coefficient (Wildman–Crippen LogP) is 3.43. The van der Waals surface area contributed by atoms with Crippen molar-refractivity contribution in [3.8, 4) is 11.5 Å². The number of rotatable bonds is 5. The molecule has 0 saturated heterocycles. The van der Waals surface area contributed by atoms with Crippen molar-refractivity contribution in [1.82, 2.24) is 4.98 Å². The van der Waals surface area contributed by atoms with Gasteiger partial charge in [0.2, 0.25) is 0 Å². The Morgan fingerprint density at radius 3 is 2.80 bits per heavy atom. The van der Waals surface area contributed by atoms with Gasteiger partial charge >= 0.3 is 0 Å². The lowest BCUT2D eigenvalue weighted by Crippen LogP contribution is -2.21. The van der Waals surface area contributed by atoms with Gasteiger partial charge in [0.25, 0.3) is 0 Å². The molecule has 1 atom stereocenters. The highest BCUT2D eigenvalue weighted by Crippen LogP contribution is 2.25. The maximum Gasteiger partial charge on any atom is 0.166 e. The molecule has 0 saturated carbocycles. The zero-order valence-corrected chi connectivity index (χ0v) is 11.1. The fraction of sp³-hybridized carbons (Fsp3) is 0.267. The highest BCUT2D eigenvalue weighted by molar-refractivity contribution is 5.32. The van der Waals surface area contributed by atoms with E-state index >= 15 is 0 Å². The Balaban J connectivity index is 2.17. The minimum atomic E-state index is -0.623. The van der Waals surface area contributed by atoms with E-state index in [1.54, 1.807) is 12.3 Å². The summed E-state index contributed by atoms with van der Waals surface area (Å²) >= 11 is 0. The van der Waals surface area contributed by atoms with Crippen LogP contribution in [0, 0.1) is 11.6 Å². The summed E-state index contributed by atoms with van der Waals surface area (Å²) in [4.78, 5) is 4.02. The molecule has 0 aliphatic heterocycles. The van der Waals surface area contributed by atoms with Crippen molar-refractivity contribution in [2.24, 2.45) is 5.73 Å². The summed E-state index contributed by atoms with van der Waals surface area (Å²) in [7, 11) is 0. The molecule has 106 valence electrons. The lowest BCUT2D eigenvalue weighted by atomic mass is 10.1. The van der Waals surface area contributed by atoms with Crippen LogP contribution in [-0.2, 0) is 6.42 Å². The van der Waals surface area contributed by atoms with E-state index in [2.05, 4.69) is 4.98 Å². The Bertz CT molecular complexity index is 590. The number of hydrogen-bond acceptors (Lipinski definition) is 3. The molecule has 2 rings (SSSR count). The number of aromatic nitrogens is 1. The topological polar surface area (TPSA) is 48.1 Å². The first-order valence-corrected chi connectivity index (χ1v) is 6.41. The fourth-order valence-electron chi connectivity index (χ4n) is 1.76. The van der Waals surface area contributed by atoms with Crippen LogP contribution in [0.5, 0.6) is 11.5 Å². The van der Waals surface area contributed by atoms with Crippen LogP contribution < -0.4 is 10.5 Å². The van der Waals surface area contributed by atoms with Crippen molar-refractivity contribution in [2.45, 2.75) is 25.8 Å². The van der Waals surface area contributed by atoms with E-state index in [4.69, 9.17) is 10.5 Å². The molecule has 0 bridgehead atoms. The first-order valence-electron chi connectivity index (χ1n) is 6.41. The van der Waals surface area contributed by atoms with Gasteiger partial charge in [-0.3, -0.25) is 4.98 Å². The Morgan fingerprint density at radius 2 is 2.05 bits per heavy atom. The van der Waals surface area contributed by atoms with Crippen LogP contribution in [0.25, 0.3) is 0 Å². The van der Waals surface area contributed by atoms with Crippen LogP contribution in [0.15, 0.2) is 36.7 Å². The van der Waals surface area contributed by atoms with Gasteiger partial charge in [0.1, 0.15) is 11.6 Å². The zero-order chi connectivity index (χ0) is 14.5. The second-order valence-electron chi connectivity index (χ2n) is 4.58. The molecule has 0 fully saturated rings. The lowest BCUT2D eigenvalue weighted by molar-refractivity contribution is 0.434. The van der Waals surface area contributed by atoms with Crippen LogP contribution in [0.3, 0.4) is 0 Å². The summed E-state index contributed by atoms with van der Waals surface area (Å²) in [6.45, 7) is 2.00. The van der Waals surface area contributed by atoms with Crippen LogP contribution in [0.2, 0.25) is 0 Å². The first kappa shape index (κ1) is 14.4. The molecular weight excluding hydrogens is 262 g/mol. The molecule has 20 heavy (non-hydrogen) atoms. The van der Waals surface area contributed by atoms with Gasteiger partial charge < -0.3 is 10.5 Å². The van der Waals surface area contributed by atoms with Gasteiger partial charge in [-0.15, -0.1) is 0 Å². The monoisotopic (exact) mass is 278 g/mol. The number of halogens is 2. The summed E-state index contributed by atoms with van der Waals surface area (Å²) in [5.74, 6) is -0.986. The number of nitrogens with two attached hydrogens (primary N) is 1. The average molecular weight is 278 g/mol. The van der Waals surface area contributed by atoms with E-state index < -0.39 is 11.6 Å². The van der Waals surface area contributed by atoms with Crippen molar-refractivity contribution in [1.29, 1.82) is 0 Å². The second-order valence-corrected chi connectivity index (χ2v) is 4.58. The molecule has 5 heteroatoms. The Hall–Kier alpha value is -2.01. The van der Waals surface area contributed by atoms with E-state index in [-0.39, 0.29) is 11.8 Å². The average Bonchev–Trinajstić information content (AvgIpc) is 2.43. The second kappa shape index (κ2) is 6.43. The molecule has 0 amide bonds.